The van der Waals surface area contributed by atoms with Crippen molar-refractivity contribution in [1.82, 2.24) is 14.6 Å². The van der Waals surface area contributed by atoms with Gasteiger partial charge in [-0.3, -0.25) is 0 Å². The highest BCUT2D eigenvalue weighted by molar-refractivity contribution is 9.10. The van der Waals surface area contributed by atoms with Crippen LogP contribution in [0.25, 0.3) is 16.2 Å². The second kappa shape index (κ2) is 3.57. The Balaban J connectivity index is 2.25. The zero-order chi connectivity index (χ0) is 11.1. The number of aromatic nitrogens is 3. The van der Waals surface area contributed by atoms with E-state index in [4.69, 9.17) is 5.73 Å². The maximum Gasteiger partial charge on any atom is 0.214 e. The predicted octanol–water partition coefficient (Wildman–Crippen LogP) is 2.80. The molecule has 3 aromatic rings. The fraction of sp³-hybridized carbons (Fsp3) is 0. The molecule has 4 nitrogen and oxygen atoms in total. The molecule has 0 bridgehead atoms. The molecule has 80 valence electrons. The maximum absolute atomic E-state index is 5.99. The summed E-state index contributed by atoms with van der Waals surface area (Å²) in [6.45, 7) is 0. The third-order valence-electron chi connectivity index (χ3n) is 2.28. The number of benzene rings is 1. The number of imidazole rings is 1. The summed E-state index contributed by atoms with van der Waals surface area (Å²) in [5.41, 5.74) is 9.49. The topological polar surface area (TPSA) is 56.2 Å². The Kier molecular flexibility index (Phi) is 2.19. The lowest BCUT2D eigenvalue weighted by Crippen LogP contribution is -1.94. The Labute approximate surface area is 104 Å². The first-order chi connectivity index (χ1) is 7.75. The van der Waals surface area contributed by atoms with Crippen molar-refractivity contribution in [2.75, 3.05) is 5.73 Å². The predicted molar refractivity (Wildman–Crippen MR) is 68.4 cm³/mol. The molecule has 0 aliphatic carbocycles. The number of fused-ring (bicyclic) bond motifs is 1. The fourth-order valence-electron chi connectivity index (χ4n) is 1.56. The summed E-state index contributed by atoms with van der Waals surface area (Å²) in [5, 5.41) is 4.12. The van der Waals surface area contributed by atoms with Crippen LogP contribution in [0.15, 0.2) is 34.2 Å². The first kappa shape index (κ1) is 9.80. The van der Waals surface area contributed by atoms with E-state index in [9.17, 15) is 0 Å². The van der Waals surface area contributed by atoms with E-state index in [0.29, 0.717) is 5.82 Å². The molecule has 0 saturated heterocycles. The van der Waals surface area contributed by atoms with Crippen LogP contribution in [-0.4, -0.2) is 14.6 Å². The number of nitrogens with two attached hydrogens (primary N) is 1. The highest BCUT2D eigenvalue weighted by Crippen LogP contribution is 2.28. The lowest BCUT2D eigenvalue weighted by Gasteiger charge is -1.98. The molecule has 0 fully saturated rings. The summed E-state index contributed by atoms with van der Waals surface area (Å²) in [4.78, 5) is 5.27. The number of anilines is 1. The Morgan fingerprint density at radius 1 is 1.38 bits per heavy atom. The lowest BCUT2D eigenvalue weighted by atomic mass is 10.1. The van der Waals surface area contributed by atoms with Crippen molar-refractivity contribution in [3.63, 3.8) is 0 Å². The van der Waals surface area contributed by atoms with E-state index in [1.807, 2.05) is 24.3 Å². The van der Waals surface area contributed by atoms with Gasteiger partial charge >= 0.3 is 0 Å². The van der Waals surface area contributed by atoms with E-state index in [0.717, 1.165) is 20.7 Å². The number of nitrogens with zero attached hydrogens (tertiary/aromatic N) is 3. The minimum Gasteiger partial charge on any atom is -0.382 e. The van der Waals surface area contributed by atoms with Crippen molar-refractivity contribution in [3.05, 3.63) is 34.2 Å². The molecular formula is C10H7BrN4S. The van der Waals surface area contributed by atoms with E-state index in [1.165, 1.54) is 11.3 Å². The molecule has 0 aliphatic rings. The molecule has 2 aromatic heterocycles. The summed E-state index contributed by atoms with van der Waals surface area (Å²) in [6, 6.07) is 7.90. The van der Waals surface area contributed by atoms with E-state index < -0.39 is 0 Å². The third kappa shape index (κ3) is 1.42. The van der Waals surface area contributed by atoms with Gasteiger partial charge in [0.1, 0.15) is 11.2 Å². The van der Waals surface area contributed by atoms with Crippen LogP contribution < -0.4 is 5.73 Å². The van der Waals surface area contributed by atoms with Gasteiger partial charge in [0.2, 0.25) is 4.96 Å². The van der Waals surface area contributed by atoms with Gasteiger partial charge in [0.15, 0.2) is 5.82 Å². The summed E-state index contributed by atoms with van der Waals surface area (Å²) in [6.07, 6.45) is 0. The van der Waals surface area contributed by atoms with Crippen LogP contribution in [0.1, 0.15) is 0 Å². The van der Waals surface area contributed by atoms with E-state index in [2.05, 4.69) is 26.0 Å². The van der Waals surface area contributed by atoms with Crippen LogP contribution in [0, 0.1) is 0 Å². The highest BCUT2D eigenvalue weighted by atomic mass is 79.9. The second-order valence-electron chi connectivity index (χ2n) is 3.29. The number of halogens is 1. The molecule has 0 radical (unpaired) electrons. The van der Waals surface area contributed by atoms with Gasteiger partial charge in [0.05, 0.1) is 0 Å². The van der Waals surface area contributed by atoms with Crippen LogP contribution in [0.2, 0.25) is 0 Å². The zero-order valence-corrected chi connectivity index (χ0v) is 10.5. The van der Waals surface area contributed by atoms with Gasteiger partial charge in [0.25, 0.3) is 0 Å². The van der Waals surface area contributed by atoms with Gasteiger partial charge in [0, 0.05) is 10.0 Å². The van der Waals surface area contributed by atoms with Crippen LogP contribution in [0.5, 0.6) is 0 Å². The Bertz CT molecular complexity index is 658. The molecule has 6 heteroatoms. The smallest absolute Gasteiger partial charge is 0.214 e. The summed E-state index contributed by atoms with van der Waals surface area (Å²) in [7, 11) is 0. The van der Waals surface area contributed by atoms with Crippen LogP contribution >= 0.6 is 27.3 Å². The van der Waals surface area contributed by atoms with Gasteiger partial charge in [-0.15, -0.1) is 0 Å². The molecule has 1 aromatic carbocycles. The Morgan fingerprint density at radius 3 is 3.00 bits per heavy atom. The van der Waals surface area contributed by atoms with Gasteiger partial charge in [-0.1, -0.05) is 39.4 Å². The fourth-order valence-corrected chi connectivity index (χ4v) is 2.58. The minimum absolute atomic E-state index is 0.578. The number of hydrogen-bond donors (Lipinski definition) is 1. The number of hydrogen-bond acceptors (Lipinski definition) is 4. The van der Waals surface area contributed by atoms with Gasteiger partial charge in [-0.2, -0.15) is 9.61 Å². The molecule has 0 amide bonds. The molecule has 0 spiro atoms. The quantitative estimate of drug-likeness (QED) is 0.751. The monoisotopic (exact) mass is 294 g/mol. The average Bonchev–Trinajstić information content (AvgIpc) is 2.82. The normalized spacial score (nSPS) is 11.1. The Morgan fingerprint density at radius 2 is 2.25 bits per heavy atom. The number of rotatable bonds is 1. The molecule has 0 aliphatic heterocycles. The van der Waals surface area contributed by atoms with Crippen molar-refractivity contribution in [3.8, 4) is 11.3 Å². The first-order valence-corrected chi connectivity index (χ1v) is 6.26. The average molecular weight is 295 g/mol. The highest BCUT2D eigenvalue weighted by Gasteiger charge is 2.12. The van der Waals surface area contributed by atoms with Crippen molar-refractivity contribution >= 4 is 38.0 Å². The van der Waals surface area contributed by atoms with E-state index in [1.54, 1.807) is 10.0 Å². The Hall–Kier alpha value is -1.40. The first-order valence-electron chi connectivity index (χ1n) is 4.59. The molecule has 3 rings (SSSR count). The molecular weight excluding hydrogens is 288 g/mol. The van der Waals surface area contributed by atoms with Gasteiger partial charge in [-0.25, -0.2) is 4.98 Å². The van der Waals surface area contributed by atoms with Crippen molar-refractivity contribution in [2.45, 2.75) is 0 Å². The summed E-state index contributed by atoms with van der Waals surface area (Å²) >= 11 is 4.90. The van der Waals surface area contributed by atoms with Crippen molar-refractivity contribution in [2.24, 2.45) is 0 Å². The third-order valence-corrected chi connectivity index (χ3v) is 3.45. The molecule has 0 saturated carbocycles. The van der Waals surface area contributed by atoms with E-state index in [-0.39, 0.29) is 0 Å². The van der Waals surface area contributed by atoms with Crippen LogP contribution in [-0.2, 0) is 0 Å². The van der Waals surface area contributed by atoms with Crippen LogP contribution in [0.3, 0.4) is 0 Å². The van der Waals surface area contributed by atoms with E-state index >= 15 is 0 Å². The molecule has 2 heterocycles. The molecule has 16 heavy (non-hydrogen) atoms. The lowest BCUT2D eigenvalue weighted by molar-refractivity contribution is 0.985. The van der Waals surface area contributed by atoms with Crippen LogP contribution in [0.4, 0.5) is 5.82 Å². The molecule has 0 unspecified atom stereocenters. The van der Waals surface area contributed by atoms with Crippen molar-refractivity contribution in [1.29, 1.82) is 0 Å². The second-order valence-corrected chi connectivity index (χ2v) is 5.02. The minimum atomic E-state index is 0.578. The summed E-state index contributed by atoms with van der Waals surface area (Å²) in [5.74, 6) is 0.578. The largest absolute Gasteiger partial charge is 0.382 e. The summed E-state index contributed by atoms with van der Waals surface area (Å²) < 4.78 is 2.66. The van der Waals surface area contributed by atoms with Crippen molar-refractivity contribution < 1.29 is 0 Å². The standard InChI is InChI=1S/C10H7BrN4S/c11-7-3-1-2-6(4-7)8-9(12)15-10(14-8)16-5-13-15/h1-5H,12H2. The number of nitrogen functional groups attached to an aromatic ring is 1. The SMILES string of the molecule is Nc1c(-c2cccc(Br)c2)nc2scnn12. The van der Waals surface area contributed by atoms with Gasteiger partial charge in [-0.05, 0) is 12.1 Å². The zero-order valence-electron chi connectivity index (χ0n) is 8.09. The van der Waals surface area contributed by atoms with Gasteiger partial charge < -0.3 is 5.73 Å². The maximum atomic E-state index is 5.99. The molecule has 2 N–H and O–H groups in total. The molecule has 0 atom stereocenters.